The van der Waals surface area contributed by atoms with Crippen LogP contribution in [0.5, 0.6) is 0 Å². The molecule has 2 fully saturated rings. The summed E-state index contributed by atoms with van der Waals surface area (Å²) in [7, 11) is 0. The first-order chi connectivity index (χ1) is 11.1. The molecule has 124 valence electrons. The van der Waals surface area contributed by atoms with E-state index in [1.54, 1.807) is 4.52 Å². The van der Waals surface area contributed by atoms with Crippen molar-refractivity contribution in [3.63, 3.8) is 0 Å². The van der Waals surface area contributed by atoms with Crippen LogP contribution in [0.3, 0.4) is 0 Å². The molecule has 0 bridgehead atoms. The maximum Gasteiger partial charge on any atom is 0.251 e. The molecule has 0 saturated carbocycles. The van der Waals surface area contributed by atoms with Gasteiger partial charge in [0.15, 0.2) is 0 Å². The first-order valence-corrected chi connectivity index (χ1v) is 8.46. The van der Waals surface area contributed by atoms with Crippen LogP contribution in [0.4, 0.5) is 0 Å². The summed E-state index contributed by atoms with van der Waals surface area (Å²) in [6.07, 6.45) is 6.88. The van der Waals surface area contributed by atoms with Gasteiger partial charge in [0.2, 0.25) is 0 Å². The van der Waals surface area contributed by atoms with Gasteiger partial charge in [-0.3, -0.25) is 0 Å². The standard InChI is InChI=1S/C11H15N5.C6H11N/c1-7-6-16-11(13-7)14-10(8(2)15-16)9-3-4-12-5-9;1-6-4-2-3-5-7-6/h6,9,12H,3-5H2,1-2H3;7H,1-5H2. The lowest BCUT2D eigenvalue weighted by atomic mass is 10.0. The van der Waals surface area contributed by atoms with Gasteiger partial charge < -0.3 is 10.6 Å². The van der Waals surface area contributed by atoms with E-state index < -0.39 is 0 Å². The molecule has 2 N–H and O–H groups in total. The van der Waals surface area contributed by atoms with Crippen molar-refractivity contribution in [3.8, 4) is 0 Å². The third kappa shape index (κ3) is 3.88. The summed E-state index contributed by atoms with van der Waals surface area (Å²) in [4.78, 5) is 8.98. The Bertz CT molecular complexity index is 676. The highest BCUT2D eigenvalue weighted by atomic mass is 15.3. The van der Waals surface area contributed by atoms with Gasteiger partial charge in [-0.15, -0.1) is 0 Å². The average Bonchev–Trinajstić information content (AvgIpc) is 3.16. The Hall–Kier alpha value is -1.95. The average molecular weight is 314 g/mol. The van der Waals surface area contributed by atoms with Gasteiger partial charge in [-0.05, 0) is 46.1 Å². The number of allylic oxidation sites excluding steroid dienone is 1. The monoisotopic (exact) mass is 314 g/mol. The number of aryl methyl sites for hydroxylation is 2. The molecule has 0 aliphatic carbocycles. The van der Waals surface area contributed by atoms with Crippen molar-refractivity contribution in [1.82, 2.24) is 30.2 Å². The molecule has 0 amide bonds. The maximum atomic E-state index is 4.63. The first kappa shape index (κ1) is 15.9. The van der Waals surface area contributed by atoms with Crippen LogP contribution in [0, 0.1) is 13.8 Å². The molecule has 6 heteroatoms. The fraction of sp³-hybridized carbons (Fsp3) is 0.588. The van der Waals surface area contributed by atoms with Crippen molar-refractivity contribution in [1.29, 1.82) is 0 Å². The molecular weight excluding hydrogens is 288 g/mol. The summed E-state index contributed by atoms with van der Waals surface area (Å²) in [5.74, 6) is 1.21. The van der Waals surface area contributed by atoms with Crippen LogP contribution in [0.2, 0.25) is 0 Å². The van der Waals surface area contributed by atoms with Crippen LogP contribution in [-0.2, 0) is 0 Å². The quantitative estimate of drug-likeness (QED) is 0.844. The van der Waals surface area contributed by atoms with Gasteiger partial charge in [-0.2, -0.15) is 5.10 Å². The number of piperidine rings is 1. The summed E-state index contributed by atoms with van der Waals surface area (Å²) in [6, 6.07) is 0. The lowest BCUT2D eigenvalue weighted by Crippen LogP contribution is -2.18. The van der Waals surface area contributed by atoms with E-state index in [2.05, 4.69) is 32.3 Å². The Morgan fingerprint density at radius 3 is 2.70 bits per heavy atom. The van der Waals surface area contributed by atoms with Crippen molar-refractivity contribution < 1.29 is 0 Å². The lowest BCUT2D eigenvalue weighted by molar-refractivity contribution is 0.590. The zero-order valence-electron chi connectivity index (χ0n) is 14.1. The molecule has 0 radical (unpaired) electrons. The predicted octanol–water partition coefficient (Wildman–Crippen LogP) is 2.09. The predicted molar refractivity (Wildman–Crippen MR) is 91.5 cm³/mol. The Morgan fingerprint density at radius 2 is 2.09 bits per heavy atom. The molecule has 6 nitrogen and oxygen atoms in total. The summed E-state index contributed by atoms with van der Waals surface area (Å²) in [5.41, 5.74) is 4.29. The van der Waals surface area contributed by atoms with E-state index in [1.807, 2.05) is 20.0 Å². The van der Waals surface area contributed by atoms with Crippen molar-refractivity contribution in [2.24, 2.45) is 0 Å². The van der Waals surface area contributed by atoms with E-state index in [1.165, 1.54) is 25.0 Å². The number of aromatic nitrogens is 4. The molecule has 2 aromatic heterocycles. The summed E-state index contributed by atoms with van der Waals surface area (Å²) in [6.45, 7) is 11.0. The van der Waals surface area contributed by atoms with Crippen LogP contribution < -0.4 is 10.6 Å². The first-order valence-electron chi connectivity index (χ1n) is 8.46. The molecule has 4 rings (SSSR count). The lowest BCUT2D eigenvalue weighted by Gasteiger charge is -2.13. The third-order valence-electron chi connectivity index (χ3n) is 4.37. The minimum Gasteiger partial charge on any atom is -0.389 e. The van der Waals surface area contributed by atoms with Gasteiger partial charge in [0.05, 0.1) is 23.3 Å². The molecule has 2 saturated heterocycles. The number of fused-ring (bicyclic) bond motifs is 1. The van der Waals surface area contributed by atoms with E-state index in [4.69, 9.17) is 0 Å². The molecule has 2 aliphatic rings. The molecule has 23 heavy (non-hydrogen) atoms. The smallest absolute Gasteiger partial charge is 0.251 e. The van der Waals surface area contributed by atoms with E-state index in [0.717, 1.165) is 43.1 Å². The maximum absolute atomic E-state index is 4.63. The minimum absolute atomic E-state index is 0.495. The number of nitrogens with one attached hydrogen (secondary N) is 2. The van der Waals surface area contributed by atoms with Gasteiger partial charge in [-0.1, -0.05) is 6.58 Å². The largest absolute Gasteiger partial charge is 0.389 e. The SMILES string of the molecule is C=C1CCCCN1.Cc1cn2nc(C)c(C3CCNC3)nc2n1. The fourth-order valence-electron chi connectivity index (χ4n) is 3.12. The summed E-state index contributed by atoms with van der Waals surface area (Å²) >= 11 is 0. The second kappa shape index (κ2) is 7.08. The highest BCUT2D eigenvalue weighted by Gasteiger charge is 2.21. The second-order valence-corrected chi connectivity index (χ2v) is 6.39. The number of hydrogen-bond donors (Lipinski definition) is 2. The molecule has 0 aromatic carbocycles. The molecule has 2 aliphatic heterocycles. The Kier molecular flexibility index (Phi) is 4.91. The van der Waals surface area contributed by atoms with Crippen LogP contribution in [0.15, 0.2) is 18.5 Å². The number of imidazole rings is 1. The molecule has 1 atom stereocenters. The van der Waals surface area contributed by atoms with Crippen molar-refractivity contribution in [2.45, 2.75) is 45.4 Å². The van der Waals surface area contributed by atoms with Crippen LogP contribution >= 0.6 is 0 Å². The van der Waals surface area contributed by atoms with E-state index in [0.29, 0.717) is 11.7 Å². The summed E-state index contributed by atoms with van der Waals surface area (Å²) < 4.78 is 1.76. The van der Waals surface area contributed by atoms with Gasteiger partial charge in [0.25, 0.3) is 5.78 Å². The van der Waals surface area contributed by atoms with Crippen molar-refractivity contribution in [2.75, 3.05) is 19.6 Å². The van der Waals surface area contributed by atoms with E-state index >= 15 is 0 Å². The minimum atomic E-state index is 0.495. The molecule has 4 heterocycles. The number of hydrogen-bond acceptors (Lipinski definition) is 5. The van der Waals surface area contributed by atoms with Crippen molar-refractivity contribution in [3.05, 3.63) is 35.6 Å². The van der Waals surface area contributed by atoms with E-state index in [9.17, 15) is 0 Å². The van der Waals surface area contributed by atoms with Crippen molar-refractivity contribution >= 4 is 5.78 Å². The highest BCUT2D eigenvalue weighted by Crippen LogP contribution is 2.22. The van der Waals surface area contributed by atoms with Crippen LogP contribution in [0.1, 0.15) is 48.7 Å². The normalized spacial score (nSPS) is 21.0. The topological polar surface area (TPSA) is 67.1 Å². The molecule has 0 spiro atoms. The number of rotatable bonds is 1. The van der Waals surface area contributed by atoms with Gasteiger partial charge in [0, 0.05) is 24.7 Å². The fourth-order valence-corrected chi connectivity index (χ4v) is 3.12. The number of nitrogens with zero attached hydrogens (tertiary/aromatic N) is 4. The zero-order valence-corrected chi connectivity index (χ0v) is 14.1. The Morgan fingerprint density at radius 1 is 1.22 bits per heavy atom. The van der Waals surface area contributed by atoms with Gasteiger partial charge >= 0.3 is 0 Å². The second-order valence-electron chi connectivity index (χ2n) is 6.39. The van der Waals surface area contributed by atoms with Crippen LogP contribution in [-0.4, -0.2) is 39.2 Å². The zero-order chi connectivity index (χ0) is 16.2. The van der Waals surface area contributed by atoms with Crippen LogP contribution in [0.25, 0.3) is 5.78 Å². The Balaban J connectivity index is 0.000000188. The molecular formula is C17H26N6. The Labute approximate surface area is 137 Å². The summed E-state index contributed by atoms with van der Waals surface area (Å²) in [5, 5.41) is 11.0. The van der Waals surface area contributed by atoms with E-state index in [-0.39, 0.29) is 0 Å². The van der Waals surface area contributed by atoms with Gasteiger partial charge in [-0.25, -0.2) is 14.5 Å². The molecule has 1 unspecified atom stereocenters. The highest BCUT2D eigenvalue weighted by molar-refractivity contribution is 5.32. The third-order valence-corrected chi connectivity index (χ3v) is 4.37. The molecule has 2 aromatic rings. The van der Waals surface area contributed by atoms with Gasteiger partial charge in [0.1, 0.15) is 0 Å².